The molecule has 1 aromatic carbocycles. The highest BCUT2D eigenvalue weighted by atomic mass is 19.2. The number of hydrogen-bond donors (Lipinski definition) is 2. The van der Waals surface area contributed by atoms with Crippen LogP contribution in [0.25, 0.3) is 0 Å². The molecule has 0 aliphatic carbocycles. The van der Waals surface area contributed by atoms with Gasteiger partial charge in [-0.15, -0.1) is 0 Å². The Morgan fingerprint density at radius 1 is 1.09 bits per heavy atom. The number of hydrogen-bond acceptors (Lipinski definition) is 5. The molecule has 8 nitrogen and oxygen atoms in total. The first-order valence-corrected chi connectivity index (χ1v) is 11.4. The molecule has 0 bridgehead atoms. The van der Waals surface area contributed by atoms with Crippen LogP contribution in [0, 0.1) is 17.5 Å². The summed E-state index contributed by atoms with van der Waals surface area (Å²) in [5.41, 5.74) is -1.61. The number of amides is 3. The molecule has 1 aliphatic rings. The molecule has 0 radical (unpaired) electrons. The lowest BCUT2D eigenvalue weighted by molar-refractivity contribution is -0.148. The lowest BCUT2D eigenvalue weighted by atomic mass is 10.0. The molecular weight excluding hydrogens is 467 g/mol. The molecule has 1 aliphatic heterocycles. The molecule has 2 rings (SSSR count). The Labute approximate surface area is 203 Å². The Bertz CT molecular complexity index is 944. The van der Waals surface area contributed by atoms with Gasteiger partial charge in [0.2, 0.25) is 11.8 Å². The number of piperazine rings is 1. The van der Waals surface area contributed by atoms with Gasteiger partial charge in [-0.2, -0.15) is 0 Å². The highest BCUT2D eigenvalue weighted by molar-refractivity contribution is 5.89. The maximum atomic E-state index is 14.3. The minimum absolute atomic E-state index is 0.0387. The van der Waals surface area contributed by atoms with Crippen LogP contribution in [0.4, 0.5) is 18.0 Å². The Morgan fingerprint density at radius 3 is 2.31 bits per heavy atom. The van der Waals surface area contributed by atoms with Gasteiger partial charge < -0.3 is 25.0 Å². The van der Waals surface area contributed by atoms with Gasteiger partial charge in [-0.1, -0.05) is 0 Å². The molecule has 1 fully saturated rings. The number of nitrogens with zero attached hydrogens (tertiary/aromatic N) is 1. The summed E-state index contributed by atoms with van der Waals surface area (Å²) in [6.07, 6.45) is -1.50. The summed E-state index contributed by atoms with van der Waals surface area (Å²) in [4.78, 5) is 39.4. The first-order chi connectivity index (χ1) is 16.1. The largest absolute Gasteiger partial charge is 0.444 e. The summed E-state index contributed by atoms with van der Waals surface area (Å²) >= 11 is 0. The SMILES string of the molecule is CC(C)(C)OCC1C(=O)NCCN1C(=O)CC(Cc1cc(F)c(F)cc1F)NC(=O)OC(C)(C)C. The van der Waals surface area contributed by atoms with Gasteiger partial charge in [-0.3, -0.25) is 9.59 Å². The van der Waals surface area contributed by atoms with E-state index in [0.717, 1.165) is 0 Å². The molecule has 35 heavy (non-hydrogen) atoms. The van der Waals surface area contributed by atoms with Gasteiger partial charge in [-0.05, 0) is 59.6 Å². The maximum Gasteiger partial charge on any atom is 0.407 e. The maximum absolute atomic E-state index is 14.3. The first-order valence-electron chi connectivity index (χ1n) is 11.4. The smallest absolute Gasteiger partial charge is 0.407 e. The van der Waals surface area contributed by atoms with E-state index in [2.05, 4.69) is 10.6 Å². The van der Waals surface area contributed by atoms with Crippen molar-refractivity contribution in [1.82, 2.24) is 15.5 Å². The van der Waals surface area contributed by atoms with Crippen molar-refractivity contribution in [2.45, 2.75) is 77.7 Å². The number of halogens is 3. The topological polar surface area (TPSA) is 97.0 Å². The number of alkyl carbamates (subject to hydrolysis) is 1. The molecule has 0 saturated carbocycles. The minimum Gasteiger partial charge on any atom is -0.444 e. The predicted molar refractivity (Wildman–Crippen MR) is 122 cm³/mol. The molecule has 1 aromatic rings. The van der Waals surface area contributed by atoms with Gasteiger partial charge in [0.15, 0.2) is 11.6 Å². The first kappa shape index (κ1) is 28.4. The molecule has 0 spiro atoms. The van der Waals surface area contributed by atoms with Crippen LogP contribution >= 0.6 is 0 Å². The zero-order valence-electron chi connectivity index (χ0n) is 21.0. The van der Waals surface area contributed by atoms with Crippen molar-refractivity contribution in [1.29, 1.82) is 0 Å². The van der Waals surface area contributed by atoms with Crippen molar-refractivity contribution in [2.75, 3.05) is 19.7 Å². The normalized spacial score (nSPS) is 17.6. The summed E-state index contributed by atoms with van der Waals surface area (Å²) in [5, 5.41) is 5.21. The van der Waals surface area contributed by atoms with Crippen LogP contribution in [-0.4, -0.2) is 65.8 Å². The number of ether oxygens (including phenoxy) is 2. The van der Waals surface area contributed by atoms with E-state index in [9.17, 15) is 27.6 Å². The second kappa shape index (κ2) is 11.3. The highest BCUT2D eigenvalue weighted by Crippen LogP contribution is 2.19. The van der Waals surface area contributed by atoms with Crippen LogP contribution in [0.2, 0.25) is 0 Å². The third kappa shape index (κ3) is 9.04. The Hall–Kier alpha value is -2.82. The summed E-state index contributed by atoms with van der Waals surface area (Å²) in [5.74, 6) is -4.49. The van der Waals surface area contributed by atoms with Crippen molar-refractivity contribution < 1.29 is 37.0 Å². The van der Waals surface area contributed by atoms with Crippen LogP contribution in [0.3, 0.4) is 0 Å². The Kier molecular flexibility index (Phi) is 9.16. The predicted octanol–water partition coefficient (Wildman–Crippen LogP) is 3.07. The molecular formula is C24H34F3N3O5. The van der Waals surface area contributed by atoms with E-state index in [4.69, 9.17) is 9.47 Å². The van der Waals surface area contributed by atoms with Gasteiger partial charge >= 0.3 is 6.09 Å². The summed E-state index contributed by atoms with van der Waals surface area (Å²) in [7, 11) is 0. The molecule has 2 atom stereocenters. The van der Waals surface area contributed by atoms with E-state index < -0.39 is 52.7 Å². The van der Waals surface area contributed by atoms with Gasteiger partial charge in [-0.25, -0.2) is 18.0 Å². The second-order valence-corrected chi connectivity index (χ2v) is 10.4. The third-order valence-corrected chi connectivity index (χ3v) is 5.02. The Balaban J connectivity index is 2.24. The van der Waals surface area contributed by atoms with E-state index in [-0.39, 0.29) is 44.0 Å². The van der Waals surface area contributed by atoms with Crippen LogP contribution in [-0.2, 0) is 25.5 Å². The van der Waals surface area contributed by atoms with Crippen molar-refractivity contribution in [3.8, 4) is 0 Å². The van der Waals surface area contributed by atoms with Gasteiger partial charge in [0.05, 0.1) is 12.2 Å². The quantitative estimate of drug-likeness (QED) is 0.560. The van der Waals surface area contributed by atoms with Gasteiger partial charge in [0.1, 0.15) is 17.5 Å². The van der Waals surface area contributed by atoms with E-state index in [1.807, 2.05) is 20.8 Å². The van der Waals surface area contributed by atoms with Crippen LogP contribution in [0.15, 0.2) is 12.1 Å². The van der Waals surface area contributed by atoms with E-state index in [0.29, 0.717) is 12.1 Å². The number of carbonyl (C=O) groups excluding carboxylic acids is 3. The standard InChI is InChI=1S/C24H34F3N3O5/c1-23(2,3)34-13-19-21(32)28-7-8-30(19)20(31)11-15(29-22(33)35-24(4,5)6)9-14-10-17(26)18(27)12-16(14)25/h10,12,15,19H,7-9,11,13H2,1-6H3,(H,28,32)(H,29,33). The average Bonchev–Trinajstić information content (AvgIpc) is 2.68. The molecule has 3 amide bonds. The summed E-state index contributed by atoms with van der Waals surface area (Å²) in [6, 6.07) is -0.817. The monoisotopic (exact) mass is 501 g/mol. The molecule has 2 unspecified atom stereocenters. The van der Waals surface area contributed by atoms with Crippen molar-refractivity contribution in [2.24, 2.45) is 0 Å². The number of nitrogens with one attached hydrogen (secondary N) is 2. The molecule has 196 valence electrons. The Morgan fingerprint density at radius 2 is 1.71 bits per heavy atom. The van der Waals surface area contributed by atoms with Gasteiger partial charge in [0.25, 0.3) is 0 Å². The average molecular weight is 502 g/mol. The number of carbonyl (C=O) groups is 3. The highest BCUT2D eigenvalue weighted by Gasteiger charge is 2.35. The fourth-order valence-corrected chi connectivity index (χ4v) is 3.47. The lowest BCUT2D eigenvalue weighted by Gasteiger charge is -2.37. The van der Waals surface area contributed by atoms with Crippen molar-refractivity contribution in [3.63, 3.8) is 0 Å². The number of benzene rings is 1. The third-order valence-electron chi connectivity index (χ3n) is 5.02. The summed E-state index contributed by atoms with van der Waals surface area (Å²) in [6.45, 7) is 10.8. The molecule has 0 aromatic heterocycles. The zero-order chi connectivity index (χ0) is 26.6. The minimum atomic E-state index is -1.35. The molecule has 11 heteroatoms. The van der Waals surface area contributed by atoms with E-state index >= 15 is 0 Å². The fourth-order valence-electron chi connectivity index (χ4n) is 3.47. The van der Waals surface area contributed by atoms with E-state index in [1.54, 1.807) is 20.8 Å². The lowest BCUT2D eigenvalue weighted by Crippen LogP contribution is -2.60. The molecule has 1 heterocycles. The molecule has 2 N–H and O–H groups in total. The zero-order valence-corrected chi connectivity index (χ0v) is 21.0. The fraction of sp³-hybridized carbons (Fsp3) is 0.625. The number of rotatable bonds is 7. The van der Waals surface area contributed by atoms with Crippen molar-refractivity contribution in [3.05, 3.63) is 35.1 Å². The van der Waals surface area contributed by atoms with Crippen LogP contribution in [0.5, 0.6) is 0 Å². The molecule has 1 saturated heterocycles. The van der Waals surface area contributed by atoms with Crippen LogP contribution < -0.4 is 10.6 Å². The second-order valence-electron chi connectivity index (χ2n) is 10.4. The van der Waals surface area contributed by atoms with Gasteiger partial charge in [0, 0.05) is 31.6 Å². The summed E-state index contributed by atoms with van der Waals surface area (Å²) < 4.78 is 52.3. The van der Waals surface area contributed by atoms with Crippen molar-refractivity contribution >= 4 is 17.9 Å². The van der Waals surface area contributed by atoms with Crippen LogP contribution in [0.1, 0.15) is 53.5 Å². The van der Waals surface area contributed by atoms with E-state index in [1.165, 1.54) is 4.90 Å².